The predicted molar refractivity (Wildman–Crippen MR) is 64.5 cm³/mol. The van der Waals surface area contributed by atoms with E-state index in [0.29, 0.717) is 13.0 Å². The summed E-state index contributed by atoms with van der Waals surface area (Å²) in [7, 11) is 0. The first kappa shape index (κ1) is 11.6. The Bertz CT molecular complexity index is 343. The van der Waals surface area contributed by atoms with Gasteiger partial charge in [-0.2, -0.15) is 0 Å². The van der Waals surface area contributed by atoms with Gasteiger partial charge < -0.3 is 9.84 Å². The van der Waals surface area contributed by atoms with E-state index >= 15 is 0 Å². The van der Waals surface area contributed by atoms with Crippen LogP contribution in [0.3, 0.4) is 0 Å². The molecule has 1 N–H and O–H groups in total. The lowest BCUT2D eigenvalue weighted by Gasteiger charge is -2.27. The van der Waals surface area contributed by atoms with Crippen molar-refractivity contribution in [1.29, 1.82) is 0 Å². The second kappa shape index (κ2) is 4.56. The van der Waals surface area contributed by atoms with Crippen LogP contribution in [0.4, 0.5) is 0 Å². The summed E-state index contributed by atoms with van der Waals surface area (Å²) in [5.41, 5.74) is 2.80. The second-order valence-corrected chi connectivity index (χ2v) is 4.87. The molecule has 2 rings (SSSR count). The molecule has 88 valence electrons. The SMILES string of the molecule is Cc1cc(C)cc(C2(O)CCCOCC2)c1. The van der Waals surface area contributed by atoms with Crippen molar-refractivity contribution in [3.05, 3.63) is 34.9 Å². The first-order valence-corrected chi connectivity index (χ1v) is 5.99. The molecule has 0 bridgehead atoms. The van der Waals surface area contributed by atoms with Gasteiger partial charge >= 0.3 is 0 Å². The highest BCUT2D eigenvalue weighted by atomic mass is 16.5. The van der Waals surface area contributed by atoms with Crippen molar-refractivity contribution in [1.82, 2.24) is 0 Å². The molecule has 1 aliphatic rings. The fourth-order valence-electron chi connectivity index (χ4n) is 2.47. The quantitative estimate of drug-likeness (QED) is 0.788. The molecule has 0 aromatic heterocycles. The van der Waals surface area contributed by atoms with Crippen LogP contribution in [0.15, 0.2) is 18.2 Å². The van der Waals surface area contributed by atoms with E-state index < -0.39 is 5.60 Å². The zero-order valence-corrected chi connectivity index (χ0v) is 10.1. The summed E-state index contributed by atoms with van der Waals surface area (Å²) < 4.78 is 5.41. The number of rotatable bonds is 1. The van der Waals surface area contributed by atoms with E-state index in [2.05, 4.69) is 32.0 Å². The van der Waals surface area contributed by atoms with Crippen molar-refractivity contribution < 1.29 is 9.84 Å². The Morgan fingerprint density at radius 3 is 2.44 bits per heavy atom. The van der Waals surface area contributed by atoms with Crippen LogP contribution in [0.5, 0.6) is 0 Å². The largest absolute Gasteiger partial charge is 0.385 e. The number of benzene rings is 1. The fraction of sp³-hybridized carbons (Fsp3) is 0.571. The lowest BCUT2D eigenvalue weighted by atomic mass is 9.85. The molecule has 1 saturated heterocycles. The van der Waals surface area contributed by atoms with Gasteiger partial charge in [-0.15, -0.1) is 0 Å². The first-order chi connectivity index (χ1) is 7.60. The molecule has 16 heavy (non-hydrogen) atoms. The molecule has 0 saturated carbocycles. The van der Waals surface area contributed by atoms with Crippen molar-refractivity contribution in [3.63, 3.8) is 0 Å². The smallest absolute Gasteiger partial charge is 0.0919 e. The lowest BCUT2D eigenvalue weighted by Crippen LogP contribution is -2.26. The molecule has 1 aromatic rings. The molecule has 1 heterocycles. The fourth-order valence-corrected chi connectivity index (χ4v) is 2.47. The Morgan fingerprint density at radius 2 is 1.75 bits per heavy atom. The molecule has 1 aliphatic heterocycles. The zero-order valence-electron chi connectivity index (χ0n) is 10.1. The van der Waals surface area contributed by atoms with Crippen molar-refractivity contribution in [2.45, 2.75) is 38.7 Å². The summed E-state index contributed by atoms with van der Waals surface area (Å²) in [5, 5.41) is 10.7. The van der Waals surface area contributed by atoms with Crippen LogP contribution >= 0.6 is 0 Å². The van der Waals surface area contributed by atoms with E-state index in [4.69, 9.17) is 4.74 Å². The molecular weight excluding hydrogens is 200 g/mol. The van der Waals surface area contributed by atoms with Crippen molar-refractivity contribution in [2.24, 2.45) is 0 Å². The number of aliphatic hydroxyl groups is 1. The molecular formula is C14H20O2. The third kappa shape index (κ3) is 2.45. The summed E-state index contributed by atoms with van der Waals surface area (Å²) in [5.74, 6) is 0. The average Bonchev–Trinajstić information content (AvgIpc) is 2.43. The predicted octanol–water partition coefficient (Wildman–Crippen LogP) is 2.69. The number of hydrogen-bond donors (Lipinski definition) is 1. The van der Waals surface area contributed by atoms with E-state index in [1.165, 1.54) is 11.1 Å². The molecule has 1 unspecified atom stereocenters. The number of hydrogen-bond acceptors (Lipinski definition) is 2. The summed E-state index contributed by atoms with van der Waals surface area (Å²) in [4.78, 5) is 0. The van der Waals surface area contributed by atoms with Gasteiger partial charge in [0.25, 0.3) is 0 Å². The van der Waals surface area contributed by atoms with Gasteiger partial charge in [-0.05, 0) is 32.3 Å². The zero-order chi connectivity index (χ0) is 11.6. The van der Waals surface area contributed by atoms with Gasteiger partial charge in [0.15, 0.2) is 0 Å². The van der Waals surface area contributed by atoms with Gasteiger partial charge in [-0.3, -0.25) is 0 Å². The highest BCUT2D eigenvalue weighted by Gasteiger charge is 2.30. The van der Waals surface area contributed by atoms with Crippen molar-refractivity contribution >= 4 is 0 Å². The Kier molecular flexibility index (Phi) is 3.31. The second-order valence-electron chi connectivity index (χ2n) is 4.87. The highest BCUT2D eigenvalue weighted by Crippen LogP contribution is 2.33. The Hall–Kier alpha value is -0.860. The van der Waals surface area contributed by atoms with Gasteiger partial charge in [0.1, 0.15) is 0 Å². The van der Waals surface area contributed by atoms with Crippen LogP contribution in [0.1, 0.15) is 36.0 Å². The topological polar surface area (TPSA) is 29.5 Å². The number of aryl methyl sites for hydroxylation is 2. The lowest BCUT2D eigenvalue weighted by molar-refractivity contribution is 0.0143. The molecule has 0 amide bonds. The monoisotopic (exact) mass is 220 g/mol. The number of ether oxygens (including phenoxy) is 1. The third-order valence-electron chi connectivity index (χ3n) is 3.30. The molecule has 1 atom stereocenters. The Morgan fingerprint density at radius 1 is 1.06 bits per heavy atom. The van der Waals surface area contributed by atoms with Gasteiger partial charge in [-0.1, -0.05) is 29.3 Å². The van der Waals surface area contributed by atoms with Crippen LogP contribution in [-0.4, -0.2) is 18.3 Å². The van der Waals surface area contributed by atoms with Gasteiger partial charge in [0, 0.05) is 19.6 Å². The molecule has 1 fully saturated rings. The summed E-state index contributed by atoms with van der Waals surface area (Å²) in [6.07, 6.45) is 2.44. The maximum Gasteiger partial charge on any atom is 0.0919 e. The Balaban J connectivity index is 2.32. The van der Waals surface area contributed by atoms with E-state index in [0.717, 1.165) is 25.0 Å². The minimum absolute atomic E-state index is 0.656. The molecule has 2 nitrogen and oxygen atoms in total. The van der Waals surface area contributed by atoms with Gasteiger partial charge in [0.2, 0.25) is 0 Å². The normalized spacial score (nSPS) is 26.4. The summed E-state index contributed by atoms with van der Waals surface area (Å²) in [6, 6.07) is 6.33. The van der Waals surface area contributed by atoms with Crippen molar-refractivity contribution in [2.75, 3.05) is 13.2 Å². The van der Waals surface area contributed by atoms with E-state index in [-0.39, 0.29) is 0 Å². The molecule has 0 radical (unpaired) electrons. The van der Waals surface area contributed by atoms with E-state index in [1.54, 1.807) is 0 Å². The van der Waals surface area contributed by atoms with E-state index in [9.17, 15) is 5.11 Å². The van der Waals surface area contributed by atoms with Crippen LogP contribution in [0, 0.1) is 13.8 Å². The first-order valence-electron chi connectivity index (χ1n) is 5.99. The molecule has 2 heteroatoms. The maximum atomic E-state index is 10.7. The van der Waals surface area contributed by atoms with Gasteiger partial charge in [0.05, 0.1) is 5.60 Å². The van der Waals surface area contributed by atoms with Crippen molar-refractivity contribution in [3.8, 4) is 0 Å². The molecule has 0 spiro atoms. The van der Waals surface area contributed by atoms with Crippen LogP contribution in [0.2, 0.25) is 0 Å². The minimum Gasteiger partial charge on any atom is -0.385 e. The molecule has 0 aliphatic carbocycles. The summed E-state index contributed by atoms with van der Waals surface area (Å²) >= 11 is 0. The third-order valence-corrected chi connectivity index (χ3v) is 3.30. The minimum atomic E-state index is -0.687. The van der Waals surface area contributed by atoms with Crippen LogP contribution in [-0.2, 0) is 10.3 Å². The van der Waals surface area contributed by atoms with Crippen LogP contribution in [0.25, 0.3) is 0 Å². The van der Waals surface area contributed by atoms with E-state index in [1.807, 2.05) is 0 Å². The van der Waals surface area contributed by atoms with Crippen LogP contribution < -0.4 is 0 Å². The average molecular weight is 220 g/mol. The Labute approximate surface area is 97.3 Å². The van der Waals surface area contributed by atoms with Gasteiger partial charge in [-0.25, -0.2) is 0 Å². The summed E-state index contributed by atoms with van der Waals surface area (Å²) in [6.45, 7) is 5.58. The maximum absolute atomic E-state index is 10.7. The highest BCUT2D eigenvalue weighted by molar-refractivity contribution is 5.32. The molecule has 1 aromatic carbocycles. The standard InChI is InChI=1S/C14H20O2/c1-11-8-12(2)10-13(9-11)14(15)4-3-6-16-7-5-14/h8-10,15H,3-7H2,1-2H3.